The van der Waals surface area contributed by atoms with E-state index in [1.807, 2.05) is 6.92 Å². The van der Waals surface area contributed by atoms with Crippen LogP contribution >= 0.6 is 12.4 Å². The van der Waals surface area contributed by atoms with Gasteiger partial charge in [0.05, 0.1) is 0 Å². The molecule has 0 saturated carbocycles. The van der Waals surface area contributed by atoms with Gasteiger partial charge in [0.15, 0.2) is 0 Å². The SMILES string of the molecule is C[C@H]1C[C@@H](C(=O)N2CCN(S(=O)(=O)c3ccc(F)cc3F)CC2)CCN1.Cl. The number of sulfonamides is 1. The summed E-state index contributed by atoms with van der Waals surface area (Å²) in [5.41, 5.74) is 0. The van der Waals surface area contributed by atoms with Gasteiger partial charge in [0.1, 0.15) is 16.5 Å². The summed E-state index contributed by atoms with van der Waals surface area (Å²) in [6, 6.07) is 2.72. The predicted octanol–water partition coefficient (Wildman–Crippen LogP) is 1.61. The molecule has 0 bridgehead atoms. The van der Waals surface area contributed by atoms with Crippen LogP contribution in [0.4, 0.5) is 8.78 Å². The van der Waals surface area contributed by atoms with Crippen LogP contribution in [0, 0.1) is 17.6 Å². The molecule has 1 N–H and O–H groups in total. The summed E-state index contributed by atoms with van der Waals surface area (Å²) < 4.78 is 53.2. The van der Waals surface area contributed by atoms with Gasteiger partial charge in [-0.3, -0.25) is 4.79 Å². The number of carbonyl (C=O) groups is 1. The van der Waals surface area contributed by atoms with Gasteiger partial charge >= 0.3 is 0 Å². The van der Waals surface area contributed by atoms with E-state index >= 15 is 0 Å². The van der Waals surface area contributed by atoms with Crippen LogP contribution in [0.5, 0.6) is 0 Å². The first kappa shape index (κ1) is 22.0. The van der Waals surface area contributed by atoms with Gasteiger partial charge in [0, 0.05) is 44.2 Å². The maximum atomic E-state index is 13.9. The van der Waals surface area contributed by atoms with Crippen molar-refractivity contribution in [2.45, 2.75) is 30.7 Å². The highest BCUT2D eigenvalue weighted by Crippen LogP contribution is 2.23. The van der Waals surface area contributed by atoms with Crippen LogP contribution in [-0.4, -0.2) is 62.3 Å². The second kappa shape index (κ2) is 8.81. The molecular formula is C17H24ClF2N3O3S. The number of rotatable bonds is 3. The Morgan fingerprint density at radius 1 is 1.19 bits per heavy atom. The molecule has 27 heavy (non-hydrogen) atoms. The van der Waals surface area contributed by atoms with E-state index in [1.54, 1.807) is 4.90 Å². The first-order valence-corrected chi connectivity index (χ1v) is 10.2. The zero-order chi connectivity index (χ0) is 18.9. The highest BCUT2D eigenvalue weighted by molar-refractivity contribution is 7.89. The van der Waals surface area contributed by atoms with Crippen LogP contribution in [0.15, 0.2) is 23.1 Å². The number of nitrogens with zero attached hydrogens (tertiary/aromatic N) is 2. The third-order valence-electron chi connectivity index (χ3n) is 5.03. The summed E-state index contributed by atoms with van der Waals surface area (Å²) in [4.78, 5) is 13.8. The van der Waals surface area contributed by atoms with Crippen molar-refractivity contribution in [2.24, 2.45) is 5.92 Å². The molecule has 3 rings (SSSR count). The monoisotopic (exact) mass is 423 g/mol. The third-order valence-corrected chi connectivity index (χ3v) is 6.97. The average Bonchev–Trinajstić information content (AvgIpc) is 2.61. The summed E-state index contributed by atoms with van der Waals surface area (Å²) in [7, 11) is -4.05. The van der Waals surface area contributed by atoms with E-state index in [0.717, 1.165) is 35.8 Å². The molecule has 0 spiro atoms. The minimum Gasteiger partial charge on any atom is -0.340 e. The van der Waals surface area contributed by atoms with Crippen LogP contribution < -0.4 is 5.32 Å². The van der Waals surface area contributed by atoms with Gasteiger partial charge in [0.25, 0.3) is 0 Å². The Bertz CT molecular complexity index is 786. The zero-order valence-corrected chi connectivity index (χ0v) is 16.7. The van der Waals surface area contributed by atoms with Gasteiger partial charge in [0.2, 0.25) is 15.9 Å². The fraction of sp³-hybridized carbons (Fsp3) is 0.588. The van der Waals surface area contributed by atoms with Crippen molar-refractivity contribution in [1.82, 2.24) is 14.5 Å². The highest BCUT2D eigenvalue weighted by Gasteiger charge is 2.34. The van der Waals surface area contributed by atoms with Crippen LogP contribution in [-0.2, 0) is 14.8 Å². The molecule has 10 heteroatoms. The lowest BCUT2D eigenvalue weighted by molar-refractivity contribution is -0.137. The number of halogens is 3. The number of benzene rings is 1. The summed E-state index contributed by atoms with van der Waals surface area (Å²) in [5.74, 6) is -1.91. The molecule has 152 valence electrons. The third kappa shape index (κ3) is 4.77. The zero-order valence-electron chi connectivity index (χ0n) is 15.0. The van der Waals surface area contributed by atoms with Crippen molar-refractivity contribution in [3.8, 4) is 0 Å². The fourth-order valence-corrected chi connectivity index (χ4v) is 5.05. The smallest absolute Gasteiger partial charge is 0.246 e. The molecule has 2 heterocycles. The Hall–Kier alpha value is -1.29. The minimum absolute atomic E-state index is 0. The van der Waals surface area contributed by atoms with Gasteiger partial charge in [-0.2, -0.15) is 4.31 Å². The largest absolute Gasteiger partial charge is 0.340 e. The Labute approximate surface area is 164 Å². The molecule has 2 aliphatic rings. The van der Waals surface area contributed by atoms with E-state index < -0.39 is 26.6 Å². The number of amides is 1. The van der Waals surface area contributed by atoms with Crippen molar-refractivity contribution >= 4 is 28.3 Å². The van der Waals surface area contributed by atoms with Crippen molar-refractivity contribution in [1.29, 1.82) is 0 Å². The van der Waals surface area contributed by atoms with E-state index in [1.165, 1.54) is 0 Å². The van der Waals surface area contributed by atoms with E-state index in [4.69, 9.17) is 0 Å². The molecule has 2 fully saturated rings. The van der Waals surface area contributed by atoms with Gasteiger partial charge in [-0.1, -0.05) is 0 Å². The van der Waals surface area contributed by atoms with Crippen LogP contribution in [0.25, 0.3) is 0 Å². The Morgan fingerprint density at radius 3 is 2.44 bits per heavy atom. The lowest BCUT2D eigenvalue weighted by atomic mass is 9.92. The molecular weight excluding hydrogens is 400 g/mol. The molecule has 0 unspecified atom stereocenters. The summed E-state index contributed by atoms with van der Waals surface area (Å²) in [5, 5.41) is 3.30. The van der Waals surface area contributed by atoms with Gasteiger partial charge in [-0.05, 0) is 38.4 Å². The topological polar surface area (TPSA) is 69.7 Å². The molecule has 2 saturated heterocycles. The number of carbonyl (C=O) groups excluding carboxylic acids is 1. The van der Waals surface area contributed by atoms with Gasteiger partial charge in [-0.15, -0.1) is 12.4 Å². The maximum Gasteiger partial charge on any atom is 0.246 e. The van der Waals surface area contributed by atoms with E-state index in [9.17, 15) is 22.0 Å². The first-order chi connectivity index (χ1) is 12.3. The number of hydrogen-bond acceptors (Lipinski definition) is 4. The fourth-order valence-electron chi connectivity index (χ4n) is 3.59. The van der Waals surface area contributed by atoms with Gasteiger partial charge in [-0.25, -0.2) is 17.2 Å². The van der Waals surface area contributed by atoms with Crippen LogP contribution in [0.2, 0.25) is 0 Å². The molecule has 0 aromatic heterocycles. The second-order valence-corrected chi connectivity index (χ2v) is 8.79. The van der Waals surface area contributed by atoms with Crippen molar-refractivity contribution < 1.29 is 22.0 Å². The lowest BCUT2D eigenvalue weighted by Gasteiger charge is -2.37. The molecule has 0 aliphatic carbocycles. The Balaban J connectivity index is 0.00000261. The van der Waals surface area contributed by atoms with Crippen LogP contribution in [0.3, 0.4) is 0 Å². The number of hydrogen-bond donors (Lipinski definition) is 1. The Kier molecular flexibility index (Phi) is 7.18. The normalized spacial score (nSPS) is 24.3. The molecule has 2 atom stereocenters. The van der Waals surface area contributed by atoms with Gasteiger partial charge < -0.3 is 10.2 Å². The molecule has 0 radical (unpaired) electrons. The highest BCUT2D eigenvalue weighted by atomic mass is 35.5. The first-order valence-electron chi connectivity index (χ1n) is 8.76. The van der Waals surface area contributed by atoms with Crippen molar-refractivity contribution in [2.75, 3.05) is 32.7 Å². The predicted molar refractivity (Wildman–Crippen MR) is 99.1 cm³/mol. The standard InChI is InChI=1S/C17H23F2N3O3S.ClH/c1-12-10-13(4-5-20-12)17(23)21-6-8-22(9-7-21)26(24,25)16-3-2-14(18)11-15(16)19;/h2-3,11-13,20H,4-10H2,1H3;1H/t12-,13-;/m0./s1. The number of piperidine rings is 1. The average molecular weight is 424 g/mol. The molecule has 1 aromatic carbocycles. The van der Waals surface area contributed by atoms with Crippen molar-refractivity contribution in [3.63, 3.8) is 0 Å². The lowest BCUT2D eigenvalue weighted by Crippen LogP contribution is -2.53. The maximum absolute atomic E-state index is 13.9. The summed E-state index contributed by atoms with van der Waals surface area (Å²) in [6.07, 6.45) is 1.56. The molecule has 1 amide bonds. The second-order valence-electron chi connectivity index (χ2n) is 6.88. The van der Waals surface area contributed by atoms with E-state index in [2.05, 4.69) is 5.32 Å². The molecule has 1 aromatic rings. The molecule has 2 aliphatic heterocycles. The quantitative estimate of drug-likeness (QED) is 0.801. The Morgan fingerprint density at radius 2 is 1.85 bits per heavy atom. The summed E-state index contributed by atoms with van der Waals surface area (Å²) >= 11 is 0. The number of nitrogens with one attached hydrogen (secondary N) is 1. The van der Waals surface area contributed by atoms with E-state index in [-0.39, 0.29) is 50.4 Å². The van der Waals surface area contributed by atoms with Crippen LogP contribution in [0.1, 0.15) is 19.8 Å². The minimum atomic E-state index is -4.05. The van der Waals surface area contributed by atoms with E-state index in [0.29, 0.717) is 12.1 Å². The number of piperazine rings is 1. The summed E-state index contributed by atoms with van der Waals surface area (Å²) in [6.45, 7) is 3.60. The molecule has 6 nitrogen and oxygen atoms in total. The van der Waals surface area contributed by atoms with Crippen molar-refractivity contribution in [3.05, 3.63) is 29.8 Å².